The van der Waals surface area contributed by atoms with Gasteiger partial charge >= 0.3 is 0 Å². The number of nitrogen functional groups attached to an aromatic ring is 1. The third-order valence-electron chi connectivity index (χ3n) is 2.11. The van der Waals surface area contributed by atoms with Crippen molar-refractivity contribution in [1.82, 2.24) is 15.5 Å². The zero-order chi connectivity index (χ0) is 9.68. The Morgan fingerprint density at radius 1 is 1.69 bits per heavy atom. The van der Waals surface area contributed by atoms with Gasteiger partial charge in [0, 0.05) is 18.2 Å². The van der Waals surface area contributed by atoms with Crippen molar-refractivity contribution < 1.29 is 0 Å². The van der Waals surface area contributed by atoms with E-state index in [0.29, 0.717) is 11.9 Å². The van der Waals surface area contributed by atoms with E-state index in [2.05, 4.69) is 29.4 Å². The predicted molar refractivity (Wildman–Crippen MR) is 54.2 cm³/mol. The smallest absolute Gasteiger partial charge is 0.123 e. The Hall–Kier alpha value is -1.03. The summed E-state index contributed by atoms with van der Waals surface area (Å²) in [5.41, 5.74) is 6.69. The molecular weight excluding hydrogens is 164 g/mol. The van der Waals surface area contributed by atoms with Gasteiger partial charge in [-0.3, -0.25) is 5.10 Å². The second-order valence-electron chi connectivity index (χ2n) is 3.38. The van der Waals surface area contributed by atoms with Gasteiger partial charge in [0.1, 0.15) is 5.82 Å². The van der Waals surface area contributed by atoms with E-state index in [1.165, 1.54) is 12.8 Å². The molecule has 0 radical (unpaired) electrons. The number of nitrogens with one attached hydrogen (secondary N) is 2. The van der Waals surface area contributed by atoms with Crippen molar-refractivity contribution in [3.05, 3.63) is 11.8 Å². The molecule has 0 aliphatic heterocycles. The first-order valence-electron chi connectivity index (χ1n) is 4.75. The van der Waals surface area contributed by atoms with Crippen molar-refractivity contribution in [2.45, 2.75) is 39.3 Å². The Balaban J connectivity index is 2.30. The lowest BCUT2D eigenvalue weighted by molar-refractivity contribution is 0.509. The average Bonchev–Trinajstić information content (AvgIpc) is 2.48. The van der Waals surface area contributed by atoms with Crippen LogP contribution in [0.3, 0.4) is 0 Å². The highest BCUT2D eigenvalue weighted by molar-refractivity contribution is 5.36. The van der Waals surface area contributed by atoms with Gasteiger partial charge in [-0.15, -0.1) is 0 Å². The van der Waals surface area contributed by atoms with Crippen LogP contribution in [-0.4, -0.2) is 16.2 Å². The van der Waals surface area contributed by atoms with Crippen LogP contribution < -0.4 is 11.1 Å². The second-order valence-corrected chi connectivity index (χ2v) is 3.38. The molecule has 1 rings (SSSR count). The molecular formula is C9H18N4. The molecule has 1 unspecified atom stereocenters. The van der Waals surface area contributed by atoms with Crippen LogP contribution in [0, 0.1) is 0 Å². The number of nitrogens with zero attached hydrogens (tertiary/aromatic N) is 1. The maximum Gasteiger partial charge on any atom is 0.123 e. The average molecular weight is 182 g/mol. The maximum atomic E-state index is 5.64. The minimum absolute atomic E-state index is 0.541. The van der Waals surface area contributed by atoms with Crippen molar-refractivity contribution in [3.8, 4) is 0 Å². The molecule has 1 atom stereocenters. The molecule has 0 saturated carbocycles. The molecule has 1 heterocycles. The lowest BCUT2D eigenvalue weighted by Crippen LogP contribution is -2.25. The van der Waals surface area contributed by atoms with Crippen LogP contribution >= 0.6 is 0 Å². The van der Waals surface area contributed by atoms with Gasteiger partial charge in [0.25, 0.3) is 0 Å². The molecule has 0 bridgehead atoms. The monoisotopic (exact) mass is 182 g/mol. The van der Waals surface area contributed by atoms with Gasteiger partial charge in [-0.2, -0.15) is 5.10 Å². The number of aromatic nitrogens is 2. The van der Waals surface area contributed by atoms with Crippen molar-refractivity contribution >= 4 is 5.82 Å². The van der Waals surface area contributed by atoms with Gasteiger partial charge < -0.3 is 11.1 Å². The van der Waals surface area contributed by atoms with Crippen LogP contribution in [0.2, 0.25) is 0 Å². The third kappa shape index (κ3) is 3.06. The quantitative estimate of drug-likeness (QED) is 0.642. The Bertz CT molecular complexity index is 244. The van der Waals surface area contributed by atoms with Crippen molar-refractivity contribution in [2.24, 2.45) is 0 Å². The van der Waals surface area contributed by atoms with E-state index < -0.39 is 0 Å². The highest BCUT2D eigenvalue weighted by Crippen LogP contribution is 2.06. The Labute approximate surface area is 78.9 Å². The first-order chi connectivity index (χ1) is 6.24. The predicted octanol–water partition coefficient (Wildman–Crippen LogP) is 1.27. The fraction of sp³-hybridized carbons (Fsp3) is 0.667. The molecule has 0 aromatic carbocycles. The summed E-state index contributed by atoms with van der Waals surface area (Å²) in [7, 11) is 0. The summed E-state index contributed by atoms with van der Waals surface area (Å²) in [6.45, 7) is 5.16. The van der Waals surface area contributed by atoms with Crippen LogP contribution in [-0.2, 0) is 6.54 Å². The molecule has 0 fully saturated rings. The lowest BCUT2D eigenvalue weighted by Gasteiger charge is -2.11. The zero-order valence-electron chi connectivity index (χ0n) is 8.30. The fourth-order valence-electron chi connectivity index (χ4n) is 1.28. The number of nitrogens with two attached hydrogens (primary N) is 1. The molecule has 1 aromatic heterocycles. The first kappa shape index (κ1) is 10.1. The summed E-state index contributed by atoms with van der Waals surface area (Å²) < 4.78 is 0. The van der Waals surface area contributed by atoms with Crippen LogP contribution in [0.5, 0.6) is 0 Å². The van der Waals surface area contributed by atoms with E-state index in [0.717, 1.165) is 12.1 Å². The van der Waals surface area contributed by atoms with E-state index in [-0.39, 0.29) is 0 Å². The fourth-order valence-corrected chi connectivity index (χ4v) is 1.28. The molecule has 0 aliphatic carbocycles. The SMILES string of the molecule is CCCC(C)NCc1cn[nH]c1N. The Morgan fingerprint density at radius 2 is 2.46 bits per heavy atom. The summed E-state index contributed by atoms with van der Waals surface area (Å²) in [5, 5.41) is 9.95. The topological polar surface area (TPSA) is 66.7 Å². The summed E-state index contributed by atoms with van der Waals surface area (Å²) in [4.78, 5) is 0. The van der Waals surface area contributed by atoms with Crippen LogP contribution in [0.15, 0.2) is 6.20 Å². The van der Waals surface area contributed by atoms with Crippen LogP contribution in [0.1, 0.15) is 32.3 Å². The van der Waals surface area contributed by atoms with Gasteiger partial charge in [0.15, 0.2) is 0 Å². The van der Waals surface area contributed by atoms with Crippen LogP contribution in [0.4, 0.5) is 5.82 Å². The van der Waals surface area contributed by atoms with Crippen LogP contribution in [0.25, 0.3) is 0 Å². The van der Waals surface area contributed by atoms with Crippen molar-refractivity contribution in [2.75, 3.05) is 5.73 Å². The minimum Gasteiger partial charge on any atom is -0.384 e. The second kappa shape index (κ2) is 4.87. The van der Waals surface area contributed by atoms with Crippen molar-refractivity contribution in [1.29, 1.82) is 0 Å². The number of anilines is 1. The summed E-state index contributed by atoms with van der Waals surface area (Å²) in [6, 6.07) is 0.541. The number of H-pyrrole nitrogens is 1. The van der Waals surface area contributed by atoms with E-state index in [4.69, 9.17) is 5.73 Å². The zero-order valence-corrected chi connectivity index (χ0v) is 8.30. The highest BCUT2D eigenvalue weighted by atomic mass is 15.1. The summed E-state index contributed by atoms with van der Waals surface area (Å²) in [6.07, 6.45) is 4.16. The first-order valence-corrected chi connectivity index (χ1v) is 4.75. The summed E-state index contributed by atoms with van der Waals surface area (Å²) in [5.74, 6) is 0.663. The number of rotatable bonds is 5. The highest BCUT2D eigenvalue weighted by Gasteiger charge is 2.03. The minimum atomic E-state index is 0.541. The molecule has 74 valence electrons. The molecule has 4 nitrogen and oxygen atoms in total. The van der Waals surface area contributed by atoms with E-state index >= 15 is 0 Å². The standard InChI is InChI=1S/C9H18N4/c1-3-4-7(2)11-5-8-6-12-13-9(8)10/h6-7,11H,3-5H2,1-2H3,(H3,10,12,13). The van der Waals surface area contributed by atoms with Gasteiger partial charge in [0.05, 0.1) is 6.20 Å². The molecule has 13 heavy (non-hydrogen) atoms. The molecule has 4 N–H and O–H groups in total. The molecule has 0 aliphatic rings. The Kier molecular flexibility index (Phi) is 3.76. The molecule has 1 aromatic rings. The maximum absolute atomic E-state index is 5.64. The number of hydrogen-bond acceptors (Lipinski definition) is 3. The van der Waals surface area contributed by atoms with Gasteiger partial charge in [-0.05, 0) is 13.3 Å². The number of aromatic amines is 1. The summed E-state index contributed by atoms with van der Waals surface area (Å²) >= 11 is 0. The van der Waals surface area contributed by atoms with E-state index in [1.807, 2.05) is 0 Å². The van der Waals surface area contributed by atoms with Crippen molar-refractivity contribution in [3.63, 3.8) is 0 Å². The van der Waals surface area contributed by atoms with Gasteiger partial charge in [-0.1, -0.05) is 13.3 Å². The van der Waals surface area contributed by atoms with E-state index in [1.54, 1.807) is 6.20 Å². The molecule has 0 amide bonds. The molecule has 4 heteroatoms. The normalized spacial score (nSPS) is 13.1. The third-order valence-corrected chi connectivity index (χ3v) is 2.11. The lowest BCUT2D eigenvalue weighted by atomic mass is 10.2. The van der Waals surface area contributed by atoms with E-state index in [9.17, 15) is 0 Å². The van der Waals surface area contributed by atoms with Gasteiger partial charge in [-0.25, -0.2) is 0 Å². The largest absolute Gasteiger partial charge is 0.384 e. The number of hydrogen-bond donors (Lipinski definition) is 3. The molecule has 0 spiro atoms. The molecule has 0 saturated heterocycles. The Morgan fingerprint density at radius 3 is 3.00 bits per heavy atom. The van der Waals surface area contributed by atoms with Gasteiger partial charge in [0.2, 0.25) is 0 Å².